The summed E-state index contributed by atoms with van der Waals surface area (Å²) in [4.78, 5) is 13.1. The zero-order valence-electron chi connectivity index (χ0n) is 17.8. The molecule has 0 unspecified atom stereocenters. The van der Waals surface area contributed by atoms with E-state index in [9.17, 15) is 4.79 Å². The van der Waals surface area contributed by atoms with E-state index in [1.807, 2.05) is 6.92 Å². The van der Waals surface area contributed by atoms with Crippen LogP contribution in [-0.4, -0.2) is 42.2 Å². The van der Waals surface area contributed by atoms with E-state index < -0.39 is 0 Å². The van der Waals surface area contributed by atoms with E-state index in [2.05, 4.69) is 0 Å². The third kappa shape index (κ3) is 3.45. The number of fused-ring (bicyclic) bond motifs is 1. The maximum Gasteiger partial charge on any atom is 0.211 e. The van der Waals surface area contributed by atoms with Crippen molar-refractivity contribution in [2.75, 3.05) is 42.2 Å². The highest BCUT2D eigenvalue weighted by molar-refractivity contribution is 5.95. The van der Waals surface area contributed by atoms with Gasteiger partial charge in [0.15, 0.2) is 28.3 Å². The lowest BCUT2D eigenvalue weighted by Crippen LogP contribution is -2.08. The first-order chi connectivity index (χ1) is 14.5. The molecule has 8 nitrogen and oxygen atoms in total. The Hall–Kier alpha value is -3.55. The van der Waals surface area contributed by atoms with Crippen LogP contribution in [0.3, 0.4) is 0 Å². The first kappa shape index (κ1) is 21.2. The molecule has 0 saturated heterocycles. The zero-order valence-corrected chi connectivity index (χ0v) is 17.8. The molecule has 30 heavy (non-hydrogen) atoms. The predicted molar refractivity (Wildman–Crippen MR) is 112 cm³/mol. The average Bonchev–Trinajstić information content (AvgIpc) is 2.77. The fourth-order valence-corrected chi connectivity index (χ4v) is 3.26. The van der Waals surface area contributed by atoms with Crippen molar-refractivity contribution in [3.63, 3.8) is 0 Å². The minimum atomic E-state index is -0.316. The van der Waals surface area contributed by atoms with E-state index in [1.165, 1.54) is 34.5 Å². The highest BCUT2D eigenvalue weighted by atomic mass is 16.5. The molecular formula is C22H24O8. The fraction of sp³-hybridized carbons (Fsp3) is 0.318. The molecule has 0 aliphatic carbocycles. The third-order valence-electron chi connectivity index (χ3n) is 4.57. The Morgan fingerprint density at radius 2 is 1.40 bits per heavy atom. The van der Waals surface area contributed by atoms with Gasteiger partial charge in [0.1, 0.15) is 11.1 Å². The van der Waals surface area contributed by atoms with Gasteiger partial charge in [0, 0.05) is 11.6 Å². The Morgan fingerprint density at radius 1 is 0.767 bits per heavy atom. The van der Waals surface area contributed by atoms with Crippen molar-refractivity contribution in [2.45, 2.75) is 6.92 Å². The summed E-state index contributed by atoms with van der Waals surface area (Å²) in [7, 11) is 7.48. The maximum atomic E-state index is 13.1. The van der Waals surface area contributed by atoms with Crippen LogP contribution in [0.15, 0.2) is 33.5 Å². The lowest BCUT2D eigenvalue weighted by molar-refractivity contribution is 0.289. The van der Waals surface area contributed by atoms with Gasteiger partial charge in [-0.3, -0.25) is 4.79 Å². The van der Waals surface area contributed by atoms with Crippen molar-refractivity contribution >= 4 is 11.0 Å². The second kappa shape index (κ2) is 8.86. The summed E-state index contributed by atoms with van der Waals surface area (Å²) in [5, 5.41) is 0.204. The lowest BCUT2D eigenvalue weighted by Gasteiger charge is -2.18. The third-order valence-corrected chi connectivity index (χ3v) is 4.57. The number of rotatable bonds is 8. The topological polar surface area (TPSA) is 85.6 Å². The monoisotopic (exact) mass is 416 g/mol. The highest BCUT2D eigenvalue weighted by Crippen LogP contribution is 2.50. The van der Waals surface area contributed by atoms with Crippen molar-refractivity contribution in [1.29, 1.82) is 0 Å². The molecule has 2 aromatic carbocycles. The van der Waals surface area contributed by atoms with Crippen LogP contribution in [0, 0.1) is 0 Å². The first-order valence-corrected chi connectivity index (χ1v) is 9.19. The molecule has 160 valence electrons. The molecule has 0 saturated carbocycles. The molecule has 0 N–H and O–H groups in total. The Labute approximate surface area is 173 Å². The smallest absolute Gasteiger partial charge is 0.211 e. The molecule has 3 aromatic rings. The van der Waals surface area contributed by atoms with Gasteiger partial charge in [-0.05, 0) is 25.1 Å². The minimum Gasteiger partial charge on any atom is -0.493 e. The standard InChI is InChI=1S/C22H24O8/c1-7-29-18-17-13(23)11-15(12-8-9-14(24-2)16(10-12)25-3)30-19(17)21(27-5)22(28-6)20(18)26-4/h8-11H,7H2,1-6H3. The molecule has 0 amide bonds. The number of methoxy groups -OCH3 is 5. The number of hydrogen-bond acceptors (Lipinski definition) is 8. The fourth-order valence-electron chi connectivity index (χ4n) is 3.26. The van der Waals surface area contributed by atoms with Crippen molar-refractivity contribution in [1.82, 2.24) is 0 Å². The number of benzene rings is 2. The summed E-state index contributed by atoms with van der Waals surface area (Å²) in [6.07, 6.45) is 0. The molecular weight excluding hydrogens is 392 g/mol. The number of hydrogen-bond donors (Lipinski definition) is 0. The van der Waals surface area contributed by atoms with Crippen molar-refractivity contribution in [3.8, 4) is 45.8 Å². The summed E-state index contributed by atoms with van der Waals surface area (Å²) < 4.78 is 38.9. The second-order valence-corrected chi connectivity index (χ2v) is 6.11. The molecule has 0 radical (unpaired) electrons. The lowest BCUT2D eigenvalue weighted by atomic mass is 10.1. The largest absolute Gasteiger partial charge is 0.493 e. The van der Waals surface area contributed by atoms with Gasteiger partial charge in [0.25, 0.3) is 0 Å². The van der Waals surface area contributed by atoms with Gasteiger partial charge >= 0.3 is 0 Å². The Kier molecular flexibility index (Phi) is 6.25. The van der Waals surface area contributed by atoms with E-state index in [1.54, 1.807) is 25.3 Å². The van der Waals surface area contributed by atoms with Crippen LogP contribution in [-0.2, 0) is 0 Å². The van der Waals surface area contributed by atoms with Gasteiger partial charge < -0.3 is 32.8 Å². The maximum absolute atomic E-state index is 13.1. The summed E-state index contributed by atoms with van der Waals surface area (Å²) in [5.41, 5.74) is 0.501. The van der Waals surface area contributed by atoms with Crippen molar-refractivity contribution in [2.24, 2.45) is 0 Å². The average molecular weight is 416 g/mol. The normalized spacial score (nSPS) is 10.6. The van der Waals surface area contributed by atoms with Gasteiger partial charge in [-0.1, -0.05) is 0 Å². The molecule has 1 heterocycles. The highest BCUT2D eigenvalue weighted by Gasteiger charge is 2.27. The van der Waals surface area contributed by atoms with E-state index >= 15 is 0 Å². The molecule has 0 bridgehead atoms. The summed E-state index contributed by atoms with van der Waals surface area (Å²) >= 11 is 0. The molecule has 8 heteroatoms. The number of ether oxygens (including phenoxy) is 6. The molecule has 0 aliphatic rings. The SMILES string of the molecule is CCOc1c(OC)c(OC)c(OC)c2oc(-c3ccc(OC)c(OC)c3)cc(=O)c12. The first-order valence-electron chi connectivity index (χ1n) is 9.19. The van der Waals surface area contributed by atoms with Gasteiger partial charge in [0.05, 0.1) is 42.2 Å². The summed E-state index contributed by atoms with van der Waals surface area (Å²) in [6.45, 7) is 2.12. The van der Waals surface area contributed by atoms with Gasteiger partial charge in [-0.15, -0.1) is 0 Å². The Bertz CT molecular complexity index is 1120. The van der Waals surface area contributed by atoms with Crippen molar-refractivity contribution < 1.29 is 32.8 Å². The van der Waals surface area contributed by atoms with E-state index in [4.69, 9.17) is 32.8 Å². The van der Waals surface area contributed by atoms with E-state index in [0.717, 1.165) is 0 Å². The Balaban J connectivity index is 2.38. The van der Waals surface area contributed by atoms with Gasteiger partial charge in [-0.25, -0.2) is 0 Å². The van der Waals surface area contributed by atoms with Crippen LogP contribution in [0.5, 0.6) is 34.5 Å². The summed E-state index contributed by atoms with van der Waals surface area (Å²) in [6, 6.07) is 6.61. The second-order valence-electron chi connectivity index (χ2n) is 6.11. The van der Waals surface area contributed by atoms with Gasteiger partial charge in [0.2, 0.25) is 17.2 Å². The van der Waals surface area contributed by atoms with Crippen LogP contribution < -0.4 is 33.8 Å². The van der Waals surface area contributed by atoms with Crippen LogP contribution in [0.4, 0.5) is 0 Å². The molecule has 0 atom stereocenters. The van der Waals surface area contributed by atoms with E-state index in [-0.39, 0.29) is 39.4 Å². The molecule has 0 fully saturated rings. The van der Waals surface area contributed by atoms with Gasteiger partial charge in [-0.2, -0.15) is 0 Å². The van der Waals surface area contributed by atoms with Crippen LogP contribution in [0.25, 0.3) is 22.3 Å². The quantitative estimate of drug-likeness (QED) is 0.547. The zero-order chi connectivity index (χ0) is 21.8. The molecule has 3 rings (SSSR count). The van der Waals surface area contributed by atoms with Crippen LogP contribution in [0.2, 0.25) is 0 Å². The molecule has 0 spiro atoms. The molecule has 1 aromatic heterocycles. The Morgan fingerprint density at radius 3 is 1.97 bits per heavy atom. The summed E-state index contributed by atoms with van der Waals surface area (Å²) in [5.74, 6) is 2.38. The molecule has 0 aliphatic heterocycles. The minimum absolute atomic E-state index is 0.191. The van der Waals surface area contributed by atoms with Crippen molar-refractivity contribution in [3.05, 3.63) is 34.5 Å². The van der Waals surface area contributed by atoms with Crippen LogP contribution in [0.1, 0.15) is 6.92 Å². The van der Waals surface area contributed by atoms with E-state index in [0.29, 0.717) is 29.4 Å². The predicted octanol–water partition coefficient (Wildman–Crippen LogP) is 3.90. The van der Waals surface area contributed by atoms with Crippen LogP contribution >= 0.6 is 0 Å².